The second-order valence-electron chi connectivity index (χ2n) is 6.86. The van der Waals surface area contributed by atoms with Crippen LogP contribution in [-0.2, 0) is 24.1 Å². The molecule has 4 rings (SSSR count). The second kappa shape index (κ2) is 7.31. The summed E-state index contributed by atoms with van der Waals surface area (Å²) >= 11 is 0. The molecular weight excluding hydrogens is 320 g/mol. The number of amides is 2. The normalized spacial score (nSPS) is 22.6. The van der Waals surface area contributed by atoms with Crippen LogP contribution in [0.5, 0.6) is 0 Å². The molecule has 1 fully saturated rings. The van der Waals surface area contributed by atoms with Crippen LogP contribution in [0.15, 0.2) is 29.0 Å². The van der Waals surface area contributed by atoms with Crippen LogP contribution in [0.1, 0.15) is 36.3 Å². The predicted molar refractivity (Wildman–Crippen MR) is 91.0 cm³/mol. The lowest BCUT2D eigenvalue weighted by Crippen LogP contribution is -2.48. The summed E-state index contributed by atoms with van der Waals surface area (Å²) in [5.41, 5.74) is 2.39. The van der Waals surface area contributed by atoms with Gasteiger partial charge >= 0.3 is 6.03 Å². The molecule has 0 saturated carbocycles. The fraction of sp³-hybridized carbons (Fsp3) is 0.556. The number of aromatic nitrogens is 2. The summed E-state index contributed by atoms with van der Waals surface area (Å²) in [6, 6.07) is 3.83. The summed E-state index contributed by atoms with van der Waals surface area (Å²) in [6.45, 7) is 1.84. The van der Waals surface area contributed by atoms with E-state index in [0.717, 1.165) is 44.5 Å². The van der Waals surface area contributed by atoms with Crippen LogP contribution in [0.25, 0.3) is 0 Å². The van der Waals surface area contributed by atoms with Gasteiger partial charge in [-0.1, -0.05) is 0 Å². The van der Waals surface area contributed by atoms with Crippen molar-refractivity contribution < 1.29 is 13.9 Å². The van der Waals surface area contributed by atoms with Crippen LogP contribution in [0, 0.1) is 0 Å². The highest BCUT2D eigenvalue weighted by Gasteiger charge is 2.27. The average molecular weight is 344 g/mol. The molecule has 2 unspecified atom stereocenters. The number of nitrogens with one attached hydrogen (secondary N) is 2. The smallest absolute Gasteiger partial charge is 0.318 e. The molecule has 2 N–H and O–H groups in total. The van der Waals surface area contributed by atoms with Crippen molar-refractivity contribution in [3.8, 4) is 0 Å². The third kappa shape index (κ3) is 3.87. The summed E-state index contributed by atoms with van der Waals surface area (Å²) in [4.78, 5) is 14.7. The van der Waals surface area contributed by atoms with E-state index in [0.29, 0.717) is 13.1 Å². The fourth-order valence-corrected chi connectivity index (χ4v) is 3.65. The average Bonchev–Trinajstić information content (AvgIpc) is 3.36. The zero-order chi connectivity index (χ0) is 17.1. The molecule has 0 bridgehead atoms. The summed E-state index contributed by atoms with van der Waals surface area (Å²) < 4.78 is 11.1. The summed E-state index contributed by atoms with van der Waals surface area (Å²) in [6.07, 6.45) is 8.36. The molecule has 3 heterocycles. The topological polar surface area (TPSA) is 83.4 Å². The number of hydrogen-bond donors (Lipinski definition) is 2. The molecule has 134 valence electrons. The lowest BCUT2D eigenvalue weighted by Gasteiger charge is -2.29. The van der Waals surface area contributed by atoms with Gasteiger partial charge in [-0.25, -0.2) is 4.79 Å². The largest absolute Gasteiger partial charge is 0.467 e. The predicted octanol–water partition coefficient (Wildman–Crippen LogP) is 2.25. The maximum atomic E-state index is 12.9. The van der Waals surface area contributed by atoms with Crippen molar-refractivity contribution in [2.24, 2.45) is 0 Å². The minimum Gasteiger partial charge on any atom is -0.467 e. The van der Waals surface area contributed by atoms with Crippen molar-refractivity contribution in [3.63, 3.8) is 0 Å². The highest BCUT2D eigenvalue weighted by atomic mass is 16.5. The fourth-order valence-electron chi connectivity index (χ4n) is 3.65. The molecular formula is C18H24N4O3. The Morgan fingerprint density at radius 2 is 2.40 bits per heavy atom. The number of carbonyl (C=O) groups excluding carboxylic acids is 1. The molecule has 7 heteroatoms. The highest BCUT2D eigenvalue weighted by Crippen LogP contribution is 2.20. The quantitative estimate of drug-likeness (QED) is 0.871. The number of nitrogens with zero attached hydrogens (tertiary/aromatic N) is 2. The van der Waals surface area contributed by atoms with E-state index in [9.17, 15) is 4.79 Å². The van der Waals surface area contributed by atoms with E-state index in [1.165, 1.54) is 11.3 Å². The number of hydrogen-bond acceptors (Lipinski definition) is 4. The molecule has 0 aromatic carbocycles. The van der Waals surface area contributed by atoms with Gasteiger partial charge in [0.1, 0.15) is 5.76 Å². The van der Waals surface area contributed by atoms with Gasteiger partial charge in [-0.05, 0) is 49.8 Å². The number of rotatable bonds is 5. The number of aryl methyl sites for hydroxylation is 1. The first-order chi connectivity index (χ1) is 12.3. The van der Waals surface area contributed by atoms with Gasteiger partial charge in [-0.15, -0.1) is 0 Å². The molecule has 2 aromatic rings. The monoisotopic (exact) mass is 344 g/mol. The standard InChI is InChI=1S/C18H24N4O3/c23-18(20-14-5-6-17-13(9-14)10-19-21-17)22(11-15-3-1-7-24-15)12-16-4-2-8-25-16/h1,3,7,10,14,16H,2,4-6,8-9,11-12H2,(H,19,21)(H,20,23). The third-order valence-electron chi connectivity index (χ3n) is 5.01. The van der Waals surface area contributed by atoms with E-state index in [1.807, 2.05) is 18.3 Å². The van der Waals surface area contributed by atoms with Gasteiger partial charge in [0.25, 0.3) is 0 Å². The highest BCUT2D eigenvalue weighted by molar-refractivity contribution is 5.74. The zero-order valence-electron chi connectivity index (χ0n) is 14.2. The van der Waals surface area contributed by atoms with Gasteiger partial charge in [0.2, 0.25) is 0 Å². The molecule has 1 saturated heterocycles. The third-order valence-corrected chi connectivity index (χ3v) is 5.01. The van der Waals surface area contributed by atoms with Gasteiger partial charge in [0.15, 0.2) is 0 Å². The SMILES string of the molecule is O=C(NC1CCc2[nH]ncc2C1)N(Cc1ccco1)CC1CCCO1. The van der Waals surface area contributed by atoms with Crippen LogP contribution < -0.4 is 5.32 Å². The van der Waals surface area contributed by atoms with Gasteiger partial charge in [-0.2, -0.15) is 5.10 Å². The first-order valence-electron chi connectivity index (χ1n) is 8.98. The van der Waals surface area contributed by atoms with E-state index in [-0.39, 0.29) is 18.2 Å². The van der Waals surface area contributed by atoms with Crippen molar-refractivity contribution in [2.45, 2.75) is 50.8 Å². The number of ether oxygens (including phenoxy) is 1. The molecule has 0 radical (unpaired) electrons. The van der Waals surface area contributed by atoms with Crippen molar-refractivity contribution in [3.05, 3.63) is 41.6 Å². The Kier molecular flexibility index (Phi) is 4.74. The maximum absolute atomic E-state index is 12.9. The van der Waals surface area contributed by atoms with Gasteiger partial charge < -0.3 is 19.4 Å². The summed E-state index contributed by atoms with van der Waals surface area (Å²) in [7, 11) is 0. The molecule has 2 atom stereocenters. The number of aromatic amines is 1. The van der Waals surface area contributed by atoms with E-state index < -0.39 is 0 Å². The van der Waals surface area contributed by atoms with E-state index in [2.05, 4.69) is 15.5 Å². The first-order valence-corrected chi connectivity index (χ1v) is 8.98. The molecule has 2 aliphatic rings. The number of furan rings is 1. The summed E-state index contributed by atoms with van der Waals surface area (Å²) in [5.74, 6) is 0.786. The zero-order valence-corrected chi connectivity index (χ0v) is 14.2. The lowest BCUT2D eigenvalue weighted by atomic mass is 9.94. The second-order valence-corrected chi connectivity index (χ2v) is 6.86. The lowest BCUT2D eigenvalue weighted by molar-refractivity contribution is 0.0770. The Labute approximate surface area is 146 Å². The number of urea groups is 1. The van der Waals surface area contributed by atoms with Crippen LogP contribution in [0.4, 0.5) is 4.79 Å². The Morgan fingerprint density at radius 3 is 3.20 bits per heavy atom. The van der Waals surface area contributed by atoms with Gasteiger partial charge in [0, 0.05) is 24.9 Å². The summed E-state index contributed by atoms with van der Waals surface area (Å²) in [5, 5.41) is 10.3. The molecule has 1 aliphatic carbocycles. The number of carbonyl (C=O) groups is 1. The molecule has 25 heavy (non-hydrogen) atoms. The number of H-pyrrole nitrogens is 1. The van der Waals surface area contributed by atoms with Crippen LogP contribution in [0.2, 0.25) is 0 Å². The van der Waals surface area contributed by atoms with E-state index >= 15 is 0 Å². The minimum atomic E-state index is -0.0520. The van der Waals surface area contributed by atoms with Crippen molar-refractivity contribution in [1.29, 1.82) is 0 Å². The van der Waals surface area contributed by atoms with Crippen molar-refractivity contribution in [1.82, 2.24) is 20.4 Å². The van der Waals surface area contributed by atoms with Crippen LogP contribution >= 0.6 is 0 Å². The number of fused-ring (bicyclic) bond motifs is 1. The van der Waals surface area contributed by atoms with E-state index in [1.54, 1.807) is 11.2 Å². The molecule has 7 nitrogen and oxygen atoms in total. The molecule has 0 spiro atoms. The Bertz CT molecular complexity index is 691. The van der Waals surface area contributed by atoms with E-state index in [4.69, 9.17) is 9.15 Å². The Balaban J connectivity index is 1.39. The van der Waals surface area contributed by atoms with Gasteiger partial charge in [-0.3, -0.25) is 5.10 Å². The van der Waals surface area contributed by atoms with Crippen LogP contribution in [0.3, 0.4) is 0 Å². The Morgan fingerprint density at radius 1 is 1.44 bits per heavy atom. The Hall–Kier alpha value is -2.28. The minimum absolute atomic E-state index is 0.0520. The molecule has 2 amide bonds. The molecule has 1 aliphatic heterocycles. The van der Waals surface area contributed by atoms with Crippen molar-refractivity contribution in [2.75, 3.05) is 13.2 Å². The van der Waals surface area contributed by atoms with Crippen molar-refractivity contribution >= 4 is 6.03 Å². The van der Waals surface area contributed by atoms with Gasteiger partial charge in [0.05, 0.1) is 25.1 Å². The van der Waals surface area contributed by atoms with Crippen LogP contribution in [-0.4, -0.2) is 46.4 Å². The molecule has 2 aromatic heterocycles. The first kappa shape index (κ1) is 16.2. The maximum Gasteiger partial charge on any atom is 0.318 e.